The molecule has 3 aliphatic rings. The lowest BCUT2D eigenvalue weighted by Gasteiger charge is -2.34. The molecule has 57 heavy (non-hydrogen) atoms. The van der Waals surface area contributed by atoms with Gasteiger partial charge in [0.05, 0.1) is 11.5 Å². The Bertz CT molecular complexity index is 2740. The number of allylic oxidation sites excluding steroid dienone is 2. The molecule has 2 unspecified atom stereocenters. The van der Waals surface area contributed by atoms with Crippen LogP contribution in [0.4, 0.5) is 28.4 Å². The van der Waals surface area contributed by atoms with Gasteiger partial charge >= 0.3 is 0 Å². The first-order valence-corrected chi connectivity index (χ1v) is 19.9. The SMILES string of the molecule is C1=CC2c3ccccc3N(c3ccc(N(c4ccc(-c5ccccc5)cc4)c4ccc(C5(c6ccccc6)c6ccccc6-c6ccccc65)cc4)cc3)C2C=C1. The maximum absolute atomic E-state index is 2.50. The highest BCUT2D eigenvalue weighted by molar-refractivity contribution is 5.87. The molecule has 8 aromatic rings. The van der Waals surface area contributed by atoms with Crippen LogP contribution < -0.4 is 9.80 Å². The first-order valence-electron chi connectivity index (χ1n) is 19.9. The Morgan fingerprint density at radius 2 is 0.895 bits per heavy atom. The van der Waals surface area contributed by atoms with E-state index in [0.29, 0.717) is 5.92 Å². The van der Waals surface area contributed by atoms with Crippen molar-refractivity contribution in [2.75, 3.05) is 9.80 Å². The van der Waals surface area contributed by atoms with Gasteiger partial charge in [0.15, 0.2) is 0 Å². The number of benzene rings is 8. The predicted molar refractivity (Wildman–Crippen MR) is 237 cm³/mol. The van der Waals surface area contributed by atoms with Gasteiger partial charge < -0.3 is 9.80 Å². The van der Waals surface area contributed by atoms with Crippen molar-refractivity contribution in [1.29, 1.82) is 0 Å². The van der Waals surface area contributed by atoms with Gasteiger partial charge in [-0.25, -0.2) is 0 Å². The van der Waals surface area contributed by atoms with Crippen LogP contribution in [0.1, 0.15) is 33.7 Å². The molecule has 0 amide bonds. The summed E-state index contributed by atoms with van der Waals surface area (Å²) in [6.45, 7) is 0. The molecule has 1 heterocycles. The molecule has 0 spiro atoms. The minimum Gasteiger partial charge on any atom is -0.333 e. The van der Waals surface area contributed by atoms with Gasteiger partial charge in [0, 0.05) is 34.4 Å². The molecule has 8 aromatic carbocycles. The van der Waals surface area contributed by atoms with E-state index in [4.69, 9.17) is 0 Å². The molecule has 0 saturated heterocycles. The van der Waals surface area contributed by atoms with Gasteiger partial charge in [0.2, 0.25) is 0 Å². The van der Waals surface area contributed by atoms with Crippen molar-refractivity contribution in [3.05, 3.63) is 258 Å². The van der Waals surface area contributed by atoms with Gasteiger partial charge in [-0.3, -0.25) is 0 Å². The molecule has 1 aliphatic heterocycles. The number of nitrogens with zero attached hydrogens (tertiary/aromatic N) is 2. The second-order valence-corrected chi connectivity index (χ2v) is 15.2. The zero-order valence-electron chi connectivity index (χ0n) is 31.5. The molecular formula is C55H40N2. The first kappa shape index (κ1) is 33.2. The molecule has 0 radical (unpaired) electrons. The number of anilines is 5. The van der Waals surface area contributed by atoms with Crippen molar-refractivity contribution >= 4 is 28.4 Å². The van der Waals surface area contributed by atoms with Crippen molar-refractivity contribution in [1.82, 2.24) is 0 Å². The molecule has 0 N–H and O–H groups in total. The fourth-order valence-corrected chi connectivity index (χ4v) is 9.81. The van der Waals surface area contributed by atoms with Crippen molar-refractivity contribution in [3.63, 3.8) is 0 Å². The fourth-order valence-electron chi connectivity index (χ4n) is 9.81. The first-order chi connectivity index (χ1) is 28.3. The van der Waals surface area contributed by atoms with Gasteiger partial charge in [-0.2, -0.15) is 0 Å². The zero-order chi connectivity index (χ0) is 37.8. The number of para-hydroxylation sites is 1. The summed E-state index contributed by atoms with van der Waals surface area (Å²) in [6.07, 6.45) is 9.05. The molecule has 0 fully saturated rings. The van der Waals surface area contributed by atoms with Crippen LogP contribution in [0.2, 0.25) is 0 Å². The predicted octanol–water partition coefficient (Wildman–Crippen LogP) is 13.9. The quantitative estimate of drug-likeness (QED) is 0.161. The Morgan fingerprint density at radius 3 is 1.56 bits per heavy atom. The molecule has 11 rings (SSSR count). The summed E-state index contributed by atoms with van der Waals surface area (Å²) in [5.74, 6) is 0.349. The van der Waals surface area contributed by atoms with Crippen molar-refractivity contribution in [2.45, 2.75) is 17.4 Å². The standard InChI is InChI=1S/C55H40N2/c1-3-15-39(16-4-1)40-27-31-43(32-28-40)56(45-35-37-46(38-36-45)57-53-25-13-9-21-49(53)50-22-10-14-26-54(50)57)44-33-29-42(30-34-44)55(41-17-5-2-6-18-41)51-23-11-7-19-47(51)48-20-8-12-24-52(48)55/h1-38,49,53H. The summed E-state index contributed by atoms with van der Waals surface area (Å²) in [4.78, 5) is 4.88. The molecule has 270 valence electrons. The van der Waals surface area contributed by atoms with E-state index >= 15 is 0 Å². The summed E-state index contributed by atoms with van der Waals surface area (Å²) in [5.41, 5.74) is 16.9. The molecule has 0 bridgehead atoms. The van der Waals surface area contributed by atoms with E-state index in [9.17, 15) is 0 Å². The largest absolute Gasteiger partial charge is 0.333 e. The second kappa shape index (κ2) is 13.5. The third-order valence-electron chi connectivity index (χ3n) is 12.3. The van der Waals surface area contributed by atoms with E-state index in [0.717, 1.165) is 17.1 Å². The summed E-state index contributed by atoms with van der Waals surface area (Å²) < 4.78 is 0. The van der Waals surface area contributed by atoms with E-state index in [1.54, 1.807) is 0 Å². The number of fused-ring (bicyclic) bond motifs is 6. The van der Waals surface area contributed by atoms with Crippen LogP contribution in [0.5, 0.6) is 0 Å². The lowest BCUT2D eigenvalue weighted by Crippen LogP contribution is -2.28. The Kier molecular flexibility index (Phi) is 7.89. The molecule has 2 heteroatoms. The summed E-state index contributed by atoms with van der Waals surface area (Å²) in [7, 11) is 0. The van der Waals surface area contributed by atoms with Gasteiger partial charge in [-0.05, 0) is 105 Å². The molecule has 2 aliphatic carbocycles. The zero-order valence-corrected chi connectivity index (χ0v) is 31.5. The van der Waals surface area contributed by atoms with Crippen LogP contribution in [-0.4, -0.2) is 6.04 Å². The Hall–Kier alpha value is -7.16. The monoisotopic (exact) mass is 728 g/mol. The topological polar surface area (TPSA) is 6.48 Å². The van der Waals surface area contributed by atoms with Crippen LogP contribution in [0.25, 0.3) is 22.3 Å². The number of hydrogen-bond donors (Lipinski definition) is 0. The Balaban J connectivity index is 1.03. The second-order valence-electron chi connectivity index (χ2n) is 15.2. The van der Waals surface area contributed by atoms with Gasteiger partial charge in [-0.1, -0.05) is 176 Å². The van der Waals surface area contributed by atoms with Gasteiger partial charge in [0.1, 0.15) is 0 Å². The summed E-state index contributed by atoms with van der Waals surface area (Å²) in [6, 6.07) is 76.1. The maximum Gasteiger partial charge on any atom is 0.0713 e. The van der Waals surface area contributed by atoms with Crippen LogP contribution >= 0.6 is 0 Å². The summed E-state index contributed by atoms with van der Waals surface area (Å²) >= 11 is 0. The molecule has 2 nitrogen and oxygen atoms in total. The van der Waals surface area contributed by atoms with Crippen LogP contribution in [0.3, 0.4) is 0 Å². The van der Waals surface area contributed by atoms with E-state index in [1.807, 2.05) is 0 Å². The normalized spacial score (nSPS) is 16.7. The average Bonchev–Trinajstić information content (AvgIpc) is 3.79. The highest BCUT2D eigenvalue weighted by Crippen LogP contribution is 2.56. The fraction of sp³-hybridized carbons (Fsp3) is 0.0545. The lowest BCUT2D eigenvalue weighted by molar-refractivity contribution is 0.745. The highest BCUT2D eigenvalue weighted by Gasteiger charge is 2.46. The molecule has 0 aromatic heterocycles. The average molecular weight is 729 g/mol. The van der Waals surface area contributed by atoms with Gasteiger partial charge in [-0.15, -0.1) is 0 Å². The summed E-state index contributed by atoms with van der Waals surface area (Å²) in [5, 5.41) is 0. The maximum atomic E-state index is 2.50. The Morgan fingerprint density at radius 1 is 0.404 bits per heavy atom. The van der Waals surface area contributed by atoms with Crippen LogP contribution in [0, 0.1) is 0 Å². The third kappa shape index (κ3) is 5.25. The molecule has 0 saturated carbocycles. The van der Waals surface area contributed by atoms with Crippen molar-refractivity contribution in [2.24, 2.45) is 0 Å². The third-order valence-corrected chi connectivity index (χ3v) is 12.3. The van der Waals surface area contributed by atoms with E-state index in [-0.39, 0.29) is 6.04 Å². The lowest BCUT2D eigenvalue weighted by atomic mass is 9.68. The Labute approximate surface area is 335 Å². The van der Waals surface area contributed by atoms with E-state index < -0.39 is 5.41 Å². The number of hydrogen-bond acceptors (Lipinski definition) is 2. The smallest absolute Gasteiger partial charge is 0.0713 e. The molecular weight excluding hydrogens is 689 g/mol. The van der Waals surface area contributed by atoms with Crippen molar-refractivity contribution < 1.29 is 0 Å². The van der Waals surface area contributed by atoms with Gasteiger partial charge in [0.25, 0.3) is 0 Å². The highest BCUT2D eigenvalue weighted by atomic mass is 15.2. The minimum atomic E-state index is -0.441. The molecule has 2 atom stereocenters. The van der Waals surface area contributed by atoms with Crippen molar-refractivity contribution in [3.8, 4) is 22.3 Å². The number of rotatable bonds is 7. The minimum absolute atomic E-state index is 0.259. The van der Waals surface area contributed by atoms with E-state index in [2.05, 4.69) is 240 Å². The van der Waals surface area contributed by atoms with Crippen LogP contribution in [-0.2, 0) is 5.41 Å². The van der Waals surface area contributed by atoms with E-state index in [1.165, 1.54) is 61.4 Å². The van der Waals surface area contributed by atoms with Crippen LogP contribution in [0.15, 0.2) is 231 Å².